The third-order valence-corrected chi connectivity index (χ3v) is 3.73. The van der Waals surface area contributed by atoms with Gasteiger partial charge in [0.2, 0.25) is 0 Å². The zero-order valence-corrected chi connectivity index (χ0v) is 11.5. The van der Waals surface area contributed by atoms with E-state index in [1.54, 1.807) is 17.4 Å². The lowest BCUT2D eigenvalue weighted by Gasteiger charge is -2.06. The Balaban J connectivity index is 2.08. The molecule has 0 fully saturated rings. The second kappa shape index (κ2) is 5.27. The minimum Gasteiger partial charge on any atom is -0.486 e. The number of carboxylic acid groups (broad SMARTS) is 1. The van der Waals surface area contributed by atoms with Crippen LogP contribution in [0.1, 0.15) is 25.9 Å². The minimum atomic E-state index is -1.05. The van der Waals surface area contributed by atoms with Crippen LogP contribution < -0.4 is 10.5 Å². The molecule has 1 aromatic heterocycles. The van der Waals surface area contributed by atoms with E-state index in [9.17, 15) is 4.79 Å². The topological polar surface area (TPSA) is 85.4 Å². The van der Waals surface area contributed by atoms with Crippen LogP contribution in [0.25, 0.3) is 0 Å². The summed E-state index contributed by atoms with van der Waals surface area (Å²) in [7, 11) is 0. The fourth-order valence-corrected chi connectivity index (χ4v) is 2.42. The van der Waals surface area contributed by atoms with Gasteiger partial charge in [0.15, 0.2) is 0 Å². The molecule has 0 radical (unpaired) electrons. The molecule has 0 aliphatic heterocycles. The quantitative estimate of drug-likeness (QED) is 0.840. The lowest BCUT2D eigenvalue weighted by Crippen LogP contribution is -2.03. The van der Waals surface area contributed by atoms with Crippen molar-refractivity contribution in [1.82, 2.24) is 4.98 Å². The molecule has 5 nitrogen and oxygen atoms in total. The van der Waals surface area contributed by atoms with E-state index < -0.39 is 5.97 Å². The van der Waals surface area contributed by atoms with Gasteiger partial charge in [-0.25, -0.2) is 9.78 Å². The second-order valence-electron chi connectivity index (χ2n) is 4.09. The van der Waals surface area contributed by atoms with Gasteiger partial charge >= 0.3 is 5.97 Å². The summed E-state index contributed by atoms with van der Waals surface area (Å²) in [4.78, 5) is 16.4. The number of nitrogen functional groups attached to an aromatic ring is 1. The predicted octanol–water partition coefficient (Wildman–Crippen LogP) is 2.62. The van der Waals surface area contributed by atoms with E-state index in [0.717, 1.165) is 10.7 Å². The van der Waals surface area contributed by atoms with Gasteiger partial charge in [0.1, 0.15) is 17.4 Å². The number of benzene rings is 1. The average Bonchev–Trinajstić information content (AvgIpc) is 2.66. The second-order valence-corrected chi connectivity index (χ2v) is 5.38. The molecule has 0 saturated heterocycles. The number of hydrogen-bond donors (Lipinski definition) is 2. The predicted molar refractivity (Wildman–Crippen MR) is 73.7 cm³/mol. The molecule has 3 N–H and O–H groups in total. The summed E-state index contributed by atoms with van der Waals surface area (Å²) < 4.78 is 5.55. The van der Waals surface area contributed by atoms with E-state index in [-0.39, 0.29) is 11.3 Å². The Bertz CT molecular complexity index is 603. The molecule has 0 atom stereocenters. The van der Waals surface area contributed by atoms with Gasteiger partial charge in [-0.3, -0.25) is 0 Å². The lowest BCUT2D eigenvalue weighted by atomic mass is 10.2. The van der Waals surface area contributed by atoms with Crippen molar-refractivity contribution in [2.75, 3.05) is 5.73 Å². The van der Waals surface area contributed by atoms with E-state index in [1.165, 1.54) is 17.0 Å². The van der Waals surface area contributed by atoms with Crippen LogP contribution in [0, 0.1) is 13.8 Å². The number of aromatic carboxylic acids is 1. The molecule has 1 heterocycles. The first-order valence-electron chi connectivity index (χ1n) is 5.66. The van der Waals surface area contributed by atoms with Crippen LogP contribution >= 0.6 is 11.3 Å². The fraction of sp³-hybridized carbons (Fsp3) is 0.231. The highest BCUT2D eigenvalue weighted by Crippen LogP contribution is 2.22. The van der Waals surface area contributed by atoms with Gasteiger partial charge in [-0.1, -0.05) is 0 Å². The van der Waals surface area contributed by atoms with Crippen LogP contribution in [0.4, 0.5) is 5.69 Å². The summed E-state index contributed by atoms with van der Waals surface area (Å²) in [6, 6.07) is 4.54. The smallest absolute Gasteiger partial charge is 0.337 e. The standard InChI is InChI=1S/C13H14N2O3S/c1-7-8(2)19-12(15-7)6-18-9-3-4-10(13(16)17)11(14)5-9/h3-5H,6,14H2,1-2H3,(H,16,17). The molecule has 0 spiro atoms. The van der Waals surface area contributed by atoms with Gasteiger partial charge in [0, 0.05) is 16.6 Å². The number of carboxylic acids is 1. The van der Waals surface area contributed by atoms with Gasteiger partial charge in [-0.05, 0) is 26.0 Å². The van der Waals surface area contributed by atoms with Gasteiger partial charge in [0.25, 0.3) is 0 Å². The Morgan fingerprint density at radius 1 is 1.47 bits per heavy atom. The molecule has 0 aliphatic carbocycles. The molecule has 0 unspecified atom stereocenters. The number of aromatic nitrogens is 1. The van der Waals surface area contributed by atoms with Crippen LogP contribution in [0.2, 0.25) is 0 Å². The Hall–Kier alpha value is -2.08. The van der Waals surface area contributed by atoms with Gasteiger partial charge < -0.3 is 15.6 Å². The summed E-state index contributed by atoms with van der Waals surface area (Å²) >= 11 is 1.58. The normalized spacial score (nSPS) is 10.4. The fourth-order valence-electron chi connectivity index (χ4n) is 1.57. The van der Waals surface area contributed by atoms with Crippen molar-refractivity contribution in [2.24, 2.45) is 0 Å². The first kappa shape index (κ1) is 13.4. The molecular formula is C13H14N2O3S. The molecule has 19 heavy (non-hydrogen) atoms. The number of nitrogens with two attached hydrogens (primary N) is 1. The Morgan fingerprint density at radius 2 is 2.21 bits per heavy atom. The minimum absolute atomic E-state index is 0.0771. The van der Waals surface area contributed by atoms with Crippen molar-refractivity contribution in [2.45, 2.75) is 20.5 Å². The van der Waals surface area contributed by atoms with E-state index in [0.29, 0.717) is 12.4 Å². The molecule has 1 aromatic carbocycles. The van der Waals surface area contributed by atoms with E-state index in [2.05, 4.69) is 4.98 Å². The lowest BCUT2D eigenvalue weighted by molar-refractivity contribution is 0.0698. The maximum absolute atomic E-state index is 10.8. The highest BCUT2D eigenvalue weighted by Gasteiger charge is 2.09. The molecule has 2 rings (SSSR count). The van der Waals surface area contributed by atoms with E-state index in [4.69, 9.17) is 15.6 Å². The van der Waals surface area contributed by atoms with Crippen molar-refractivity contribution < 1.29 is 14.6 Å². The number of carbonyl (C=O) groups is 1. The van der Waals surface area contributed by atoms with Crippen molar-refractivity contribution in [3.8, 4) is 5.75 Å². The van der Waals surface area contributed by atoms with Crippen LogP contribution in [0.15, 0.2) is 18.2 Å². The summed E-state index contributed by atoms with van der Waals surface area (Å²) in [5, 5.41) is 9.75. The first-order valence-corrected chi connectivity index (χ1v) is 6.47. The van der Waals surface area contributed by atoms with Gasteiger partial charge in [-0.15, -0.1) is 11.3 Å². The number of rotatable bonds is 4. The number of nitrogens with zero attached hydrogens (tertiary/aromatic N) is 1. The molecule has 0 amide bonds. The molecule has 0 saturated carbocycles. The number of anilines is 1. The van der Waals surface area contributed by atoms with E-state index in [1.807, 2.05) is 13.8 Å². The zero-order chi connectivity index (χ0) is 14.0. The van der Waals surface area contributed by atoms with Gasteiger partial charge in [-0.2, -0.15) is 0 Å². The Kier molecular flexibility index (Phi) is 3.71. The summed E-state index contributed by atoms with van der Waals surface area (Å²) in [6.07, 6.45) is 0. The van der Waals surface area contributed by atoms with Crippen LogP contribution in [0.5, 0.6) is 5.75 Å². The highest BCUT2D eigenvalue weighted by molar-refractivity contribution is 7.11. The number of hydrogen-bond acceptors (Lipinski definition) is 5. The van der Waals surface area contributed by atoms with Crippen molar-refractivity contribution >= 4 is 23.0 Å². The largest absolute Gasteiger partial charge is 0.486 e. The average molecular weight is 278 g/mol. The molecule has 0 aliphatic rings. The Morgan fingerprint density at radius 3 is 2.74 bits per heavy atom. The summed E-state index contributed by atoms with van der Waals surface area (Å²) in [5.41, 5.74) is 6.92. The SMILES string of the molecule is Cc1nc(COc2ccc(C(=O)O)c(N)c2)sc1C. The number of aryl methyl sites for hydroxylation is 2. The maximum atomic E-state index is 10.8. The zero-order valence-electron chi connectivity index (χ0n) is 10.6. The van der Waals surface area contributed by atoms with Crippen LogP contribution in [0.3, 0.4) is 0 Å². The molecular weight excluding hydrogens is 264 g/mol. The third-order valence-electron chi connectivity index (χ3n) is 2.69. The van der Waals surface area contributed by atoms with E-state index >= 15 is 0 Å². The first-order chi connectivity index (χ1) is 8.97. The van der Waals surface area contributed by atoms with Crippen molar-refractivity contribution in [1.29, 1.82) is 0 Å². The third kappa shape index (κ3) is 3.03. The van der Waals surface area contributed by atoms with Crippen molar-refractivity contribution in [3.63, 3.8) is 0 Å². The van der Waals surface area contributed by atoms with Gasteiger partial charge in [0.05, 0.1) is 11.3 Å². The summed E-state index contributed by atoms with van der Waals surface area (Å²) in [5.74, 6) is -0.511. The van der Waals surface area contributed by atoms with Crippen molar-refractivity contribution in [3.05, 3.63) is 39.3 Å². The molecule has 6 heteroatoms. The summed E-state index contributed by atoms with van der Waals surface area (Å²) in [6.45, 7) is 4.32. The molecule has 0 bridgehead atoms. The molecule has 2 aromatic rings. The van der Waals surface area contributed by atoms with Crippen LogP contribution in [-0.4, -0.2) is 16.1 Å². The highest BCUT2D eigenvalue weighted by atomic mass is 32.1. The molecule has 100 valence electrons. The van der Waals surface area contributed by atoms with Crippen LogP contribution in [-0.2, 0) is 6.61 Å². The Labute approximate surface area is 114 Å². The number of thiazole rings is 1. The maximum Gasteiger partial charge on any atom is 0.337 e. The monoisotopic (exact) mass is 278 g/mol. The number of ether oxygens (including phenoxy) is 1.